The van der Waals surface area contributed by atoms with Gasteiger partial charge in [-0.1, -0.05) is 13.8 Å². The Balaban J connectivity index is 1.83. The molecule has 2 aromatic heterocycles. The molecule has 2 unspecified atom stereocenters. The fourth-order valence-electron chi connectivity index (χ4n) is 3.31. The first-order valence-electron chi connectivity index (χ1n) is 7.05. The second kappa shape index (κ2) is 4.85. The van der Waals surface area contributed by atoms with Gasteiger partial charge in [0.1, 0.15) is 5.65 Å². The molecule has 2 aromatic rings. The molecule has 0 bridgehead atoms. The van der Waals surface area contributed by atoms with E-state index in [4.69, 9.17) is 5.73 Å². The van der Waals surface area contributed by atoms with Gasteiger partial charge < -0.3 is 10.1 Å². The molecule has 3 rings (SSSR count). The number of anilines is 1. The molecule has 1 saturated heterocycles. The van der Waals surface area contributed by atoms with Crippen LogP contribution in [0.3, 0.4) is 0 Å². The molecule has 0 aliphatic carbocycles. The number of nitrogens with two attached hydrogens (primary N) is 1. The Kier molecular flexibility index (Phi) is 3.19. The molecule has 0 aromatic carbocycles. The van der Waals surface area contributed by atoms with Crippen LogP contribution in [0, 0.1) is 11.8 Å². The van der Waals surface area contributed by atoms with Crippen LogP contribution in [0.25, 0.3) is 5.65 Å². The molecular formula is C15H22N4. The monoisotopic (exact) mass is 258 g/mol. The van der Waals surface area contributed by atoms with Crippen LogP contribution in [0.2, 0.25) is 0 Å². The number of pyridine rings is 1. The van der Waals surface area contributed by atoms with Gasteiger partial charge in [0, 0.05) is 31.5 Å². The maximum Gasteiger partial charge on any atom is 0.137 e. The number of hydrogen-bond donors (Lipinski definition) is 1. The highest BCUT2D eigenvalue weighted by Gasteiger charge is 2.22. The van der Waals surface area contributed by atoms with E-state index in [0.717, 1.165) is 29.7 Å². The van der Waals surface area contributed by atoms with E-state index in [1.807, 2.05) is 24.5 Å². The molecule has 1 fully saturated rings. The topological polar surface area (TPSA) is 46.6 Å². The van der Waals surface area contributed by atoms with Crippen molar-refractivity contribution in [3.05, 3.63) is 30.2 Å². The van der Waals surface area contributed by atoms with Gasteiger partial charge in [-0.15, -0.1) is 0 Å². The van der Waals surface area contributed by atoms with E-state index in [-0.39, 0.29) is 0 Å². The summed E-state index contributed by atoms with van der Waals surface area (Å²) >= 11 is 0. The number of likely N-dealkylation sites (tertiary alicyclic amines) is 1. The summed E-state index contributed by atoms with van der Waals surface area (Å²) in [4.78, 5) is 6.98. The van der Waals surface area contributed by atoms with Crippen molar-refractivity contribution in [1.82, 2.24) is 14.3 Å². The normalized spacial score (nSPS) is 24.9. The first-order chi connectivity index (χ1) is 9.11. The van der Waals surface area contributed by atoms with Gasteiger partial charge in [0.2, 0.25) is 0 Å². The molecule has 0 amide bonds. The van der Waals surface area contributed by atoms with Crippen LogP contribution in [0.4, 0.5) is 5.69 Å². The molecule has 0 radical (unpaired) electrons. The summed E-state index contributed by atoms with van der Waals surface area (Å²) in [6.45, 7) is 8.00. The predicted octanol–water partition coefficient (Wildman–Crippen LogP) is 2.39. The van der Waals surface area contributed by atoms with Gasteiger partial charge in [-0.2, -0.15) is 0 Å². The number of rotatable bonds is 2. The lowest BCUT2D eigenvalue weighted by atomic mass is 9.92. The molecule has 0 saturated carbocycles. The largest absolute Gasteiger partial charge is 0.398 e. The standard InChI is InChI=1S/C15H22N4/c1-11-5-12(2)8-18(7-11)10-14-6-17-15-4-3-13(16)9-19(14)15/h3-4,6,9,11-12H,5,7-8,10,16H2,1-2H3. The number of piperidine rings is 1. The third-order valence-corrected chi connectivity index (χ3v) is 3.94. The molecule has 1 aliphatic heterocycles. The lowest BCUT2D eigenvalue weighted by Gasteiger charge is -2.34. The number of aromatic nitrogens is 2. The van der Waals surface area contributed by atoms with Crippen LogP contribution in [-0.2, 0) is 6.54 Å². The van der Waals surface area contributed by atoms with E-state index in [2.05, 4.69) is 28.1 Å². The summed E-state index contributed by atoms with van der Waals surface area (Å²) in [5.74, 6) is 1.57. The third kappa shape index (κ3) is 2.59. The quantitative estimate of drug-likeness (QED) is 0.899. The first kappa shape index (κ1) is 12.5. The summed E-state index contributed by atoms with van der Waals surface area (Å²) in [6, 6.07) is 3.87. The summed E-state index contributed by atoms with van der Waals surface area (Å²) in [7, 11) is 0. The summed E-state index contributed by atoms with van der Waals surface area (Å²) in [5.41, 5.74) is 8.85. The van der Waals surface area contributed by atoms with E-state index in [1.54, 1.807) is 0 Å². The highest BCUT2D eigenvalue weighted by molar-refractivity contribution is 5.48. The van der Waals surface area contributed by atoms with Crippen LogP contribution in [0.1, 0.15) is 26.0 Å². The Bertz CT molecular complexity index is 565. The fraction of sp³-hybridized carbons (Fsp3) is 0.533. The number of hydrogen-bond acceptors (Lipinski definition) is 3. The summed E-state index contributed by atoms with van der Waals surface area (Å²) in [5, 5.41) is 0. The van der Waals surface area contributed by atoms with Gasteiger partial charge in [0.05, 0.1) is 11.9 Å². The zero-order valence-electron chi connectivity index (χ0n) is 11.7. The second-order valence-electron chi connectivity index (χ2n) is 6.08. The van der Waals surface area contributed by atoms with Crippen LogP contribution >= 0.6 is 0 Å². The van der Waals surface area contributed by atoms with E-state index in [1.165, 1.54) is 25.2 Å². The minimum absolute atomic E-state index is 0.784. The average Bonchev–Trinajstić information content (AvgIpc) is 2.70. The number of fused-ring (bicyclic) bond motifs is 1. The predicted molar refractivity (Wildman–Crippen MR) is 77.8 cm³/mol. The van der Waals surface area contributed by atoms with Crippen molar-refractivity contribution in [3.8, 4) is 0 Å². The van der Waals surface area contributed by atoms with Crippen molar-refractivity contribution >= 4 is 11.3 Å². The van der Waals surface area contributed by atoms with Crippen LogP contribution < -0.4 is 5.73 Å². The van der Waals surface area contributed by atoms with Crippen molar-refractivity contribution in [2.45, 2.75) is 26.8 Å². The van der Waals surface area contributed by atoms with Gasteiger partial charge in [-0.05, 0) is 30.4 Å². The maximum atomic E-state index is 5.87. The Labute approximate surface area is 114 Å². The lowest BCUT2D eigenvalue weighted by Crippen LogP contribution is -2.38. The molecule has 0 spiro atoms. The molecular weight excluding hydrogens is 236 g/mol. The molecule has 2 atom stereocenters. The molecule has 2 N–H and O–H groups in total. The Morgan fingerprint density at radius 3 is 2.74 bits per heavy atom. The van der Waals surface area contributed by atoms with Crippen molar-refractivity contribution < 1.29 is 0 Å². The Morgan fingerprint density at radius 2 is 2.00 bits per heavy atom. The number of nitrogens with zero attached hydrogens (tertiary/aromatic N) is 3. The average molecular weight is 258 g/mol. The summed E-state index contributed by atoms with van der Waals surface area (Å²) in [6.07, 6.45) is 5.28. The third-order valence-electron chi connectivity index (χ3n) is 3.94. The lowest BCUT2D eigenvalue weighted by molar-refractivity contribution is 0.132. The molecule has 1 aliphatic rings. The van der Waals surface area contributed by atoms with Gasteiger partial charge in [0.25, 0.3) is 0 Å². The van der Waals surface area contributed by atoms with Gasteiger partial charge >= 0.3 is 0 Å². The smallest absolute Gasteiger partial charge is 0.137 e. The van der Waals surface area contributed by atoms with Gasteiger partial charge in [0.15, 0.2) is 0 Å². The summed E-state index contributed by atoms with van der Waals surface area (Å²) < 4.78 is 2.11. The van der Waals surface area contributed by atoms with Crippen LogP contribution in [-0.4, -0.2) is 27.4 Å². The van der Waals surface area contributed by atoms with Crippen molar-refractivity contribution in [2.24, 2.45) is 11.8 Å². The Morgan fingerprint density at radius 1 is 1.26 bits per heavy atom. The number of imidazole rings is 1. The second-order valence-corrected chi connectivity index (χ2v) is 6.08. The van der Waals surface area contributed by atoms with Gasteiger partial charge in [-0.3, -0.25) is 4.90 Å². The molecule has 4 heteroatoms. The zero-order chi connectivity index (χ0) is 13.4. The molecule has 102 valence electrons. The SMILES string of the molecule is CC1CC(C)CN(Cc2cnc3ccc(N)cn23)C1. The number of nitrogen functional groups attached to an aromatic ring is 1. The van der Waals surface area contributed by atoms with Crippen molar-refractivity contribution in [2.75, 3.05) is 18.8 Å². The Hall–Kier alpha value is -1.55. The minimum Gasteiger partial charge on any atom is -0.398 e. The minimum atomic E-state index is 0.784. The molecule has 3 heterocycles. The first-order valence-corrected chi connectivity index (χ1v) is 7.05. The highest BCUT2D eigenvalue weighted by Crippen LogP contribution is 2.22. The zero-order valence-corrected chi connectivity index (χ0v) is 11.7. The van der Waals surface area contributed by atoms with Crippen LogP contribution in [0.15, 0.2) is 24.5 Å². The highest BCUT2D eigenvalue weighted by atomic mass is 15.2. The van der Waals surface area contributed by atoms with E-state index in [9.17, 15) is 0 Å². The van der Waals surface area contributed by atoms with Crippen molar-refractivity contribution in [1.29, 1.82) is 0 Å². The van der Waals surface area contributed by atoms with Gasteiger partial charge in [-0.25, -0.2) is 4.98 Å². The van der Waals surface area contributed by atoms with E-state index < -0.39 is 0 Å². The fourth-order valence-corrected chi connectivity index (χ4v) is 3.31. The molecule has 4 nitrogen and oxygen atoms in total. The maximum absolute atomic E-state index is 5.87. The molecule has 19 heavy (non-hydrogen) atoms. The van der Waals surface area contributed by atoms with E-state index >= 15 is 0 Å². The van der Waals surface area contributed by atoms with E-state index in [0.29, 0.717) is 0 Å². The van der Waals surface area contributed by atoms with Crippen LogP contribution in [0.5, 0.6) is 0 Å². The van der Waals surface area contributed by atoms with Crippen molar-refractivity contribution in [3.63, 3.8) is 0 Å².